The number of aryl methyl sites for hydroxylation is 1. The van der Waals surface area contributed by atoms with E-state index in [1.54, 1.807) is 25.0 Å². The van der Waals surface area contributed by atoms with Crippen molar-refractivity contribution in [1.82, 2.24) is 20.1 Å². The molecular weight excluding hydrogens is 444 g/mol. The second-order valence-electron chi connectivity index (χ2n) is 8.40. The van der Waals surface area contributed by atoms with Crippen LogP contribution in [-0.4, -0.2) is 67.5 Å². The van der Waals surface area contributed by atoms with Crippen LogP contribution in [0.25, 0.3) is 22.3 Å². The minimum Gasteiger partial charge on any atom is -0.497 e. The van der Waals surface area contributed by atoms with Crippen LogP contribution in [0.4, 0.5) is 0 Å². The fraction of sp³-hybridized carbons (Fsp3) is 0.435. The molecule has 0 aliphatic carbocycles. The molecule has 0 radical (unpaired) electrons. The van der Waals surface area contributed by atoms with Gasteiger partial charge in [-0.2, -0.15) is 5.10 Å². The normalized spacial score (nSPS) is 18.4. The van der Waals surface area contributed by atoms with Gasteiger partial charge in [0.05, 0.1) is 53.6 Å². The predicted molar refractivity (Wildman–Crippen MR) is 125 cm³/mol. The maximum Gasteiger partial charge on any atom is 0.252 e. The first kappa shape index (κ1) is 23.2. The fourth-order valence-corrected chi connectivity index (χ4v) is 5.91. The van der Waals surface area contributed by atoms with Crippen molar-refractivity contribution >= 4 is 26.8 Å². The van der Waals surface area contributed by atoms with Gasteiger partial charge in [-0.15, -0.1) is 0 Å². The zero-order valence-electron chi connectivity index (χ0n) is 19.2. The van der Waals surface area contributed by atoms with Crippen LogP contribution in [0.5, 0.6) is 5.75 Å². The molecule has 1 saturated heterocycles. The first-order valence-corrected chi connectivity index (χ1v) is 12.6. The molecule has 1 aromatic carbocycles. The van der Waals surface area contributed by atoms with Gasteiger partial charge in [-0.3, -0.25) is 4.79 Å². The van der Waals surface area contributed by atoms with Crippen molar-refractivity contribution < 1.29 is 22.7 Å². The number of hydrogen-bond acceptors (Lipinski definition) is 7. The zero-order chi connectivity index (χ0) is 23.8. The highest BCUT2D eigenvalue weighted by Gasteiger charge is 2.32. The first-order chi connectivity index (χ1) is 15.7. The number of fused-ring (bicyclic) bond motifs is 1. The minimum absolute atomic E-state index is 0.0179. The van der Waals surface area contributed by atoms with Crippen LogP contribution in [0.15, 0.2) is 30.3 Å². The lowest BCUT2D eigenvalue weighted by Crippen LogP contribution is -2.35. The van der Waals surface area contributed by atoms with Crippen molar-refractivity contribution in [1.29, 1.82) is 0 Å². The number of nitrogens with one attached hydrogen (secondary N) is 1. The summed E-state index contributed by atoms with van der Waals surface area (Å²) in [6.07, 6.45) is 0.472. The van der Waals surface area contributed by atoms with Crippen LogP contribution in [0.3, 0.4) is 0 Å². The number of amides is 1. The fourth-order valence-electron chi connectivity index (χ4n) is 4.22. The van der Waals surface area contributed by atoms with Crippen molar-refractivity contribution in [3.8, 4) is 17.0 Å². The molecule has 9 nitrogen and oxygen atoms in total. The second-order valence-corrected chi connectivity index (χ2v) is 10.6. The summed E-state index contributed by atoms with van der Waals surface area (Å²) < 4.78 is 36.3. The van der Waals surface area contributed by atoms with E-state index in [4.69, 9.17) is 14.5 Å². The number of ether oxygens (including phenoxy) is 2. The Morgan fingerprint density at radius 2 is 2.00 bits per heavy atom. The maximum atomic E-state index is 13.3. The number of hydrogen-bond donors (Lipinski definition) is 1. The summed E-state index contributed by atoms with van der Waals surface area (Å²) in [7, 11) is 0.0620. The molecule has 3 heterocycles. The van der Waals surface area contributed by atoms with Gasteiger partial charge in [0.1, 0.15) is 5.75 Å². The average molecular weight is 473 g/mol. The number of nitrogens with zero attached hydrogens (tertiary/aromatic N) is 3. The van der Waals surface area contributed by atoms with Gasteiger partial charge in [-0.05, 0) is 50.6 Å². The molecule has 0 bridgehead atoms. The first-order valence-electron chi connectivity index (χ1n) is 10.8. The highest BCUT2D eigenvalue weighted by Crippen LogP contribution is 2.32. The van der Waals surface area contributed by atoms with E-state index in [0.717, 1.165) is 5.56 Å². The van der Waals surface area contributed by atoms with Crippen LogP contribution >= 0.6 is 0 Å². The third-order valence-corrected chi connectivity index (χ3v) is 7.57. The molecule has 0 spiro atoms. The summed E-state index contributed by atoms with van der Waals surface area (Å²) >= 11 is 0. The zero-order valence-corrected chi connectivity index (χ0v) is 20.0. The Morgan fingerprint density at radius 3 is 2.61 bits per heavy atom. The number of pyridine rings is 1. The number of carbonyl (C=O) groups excluding carboxylic acids is 1. The quantitative estimate of drug-likeness (QED) is 0.562. The summed E-state index contributed by atoms with van der Waals surface area (Å²) in [5, 5.41) is 8.21. The van der Waals surface area contributed by atoms with E-state index in [1.165, 1.54) is 0 Å². The smallest absolute Gasteiger partial charge is 0.252 e. The Kier molecular flexibility index (Phi) is 6.40. The van der Waals surface area contributed by atoms with Gasteiger partial charge in [-0.1, -0.05) is 0 Å². The van der Waals surface area contributed by atoms with Gasteiger partial charge < -0.3 is 14.8 Å². The number of methoxy groups -OCH3 is 2. The summed E-state index contributed by atoms with van der Waals surface area (Å²) in [5.41, 5.74) is 2.98. The topological polar surface area (TPSA) is 112 Å². The maximum absolute atomic E-state index is 13.3. The Balaban J connectivity index is 1.87. The Bertz CT molecular complexity index is 1280. The van der Waals surface area contributed by atoms with E-state index >= 15 is 0 Å². The molecule has 1 amide bonds. The molecule has 3 aromatic rings. The molecule has 0 saturated carbocycles. The van der Waals surface area contributed by atoms with Gasteiger partial charge in [0.25, 0.3) is 5.91 Å². The average Bonchev–Trinajstić information content (AvgIpc) is 3.32. The van der Waals surface area contributed by atoms with Crippen molar-refractivity contribution in [3.63, 3.8) is 0 Å². The summed E-state index contributed by atoms with van der Waals surface area (Å²) in [6.45, 7) is 4.06. The number of sulfone groups is 1. The van der Waals surface area contributed by atoms with E-state index in [0.29, 0.717) is 46.8 Å². The minimum atomic E-state index is -3.12. The third kappa shape index (κ3) is 4.72. The Labute approximate surface area is 193 Å². The molecule has 1 aliphatic rings. The van der Waals surface area contributed by atoms with Crippen LogP contribution in [0.2, 0.25) is 0 Å². The standard InChI is InChI=1S/C23H28N4O5S/c1-14(12-31-3)24-23(28)19-11-20(16-5-7-18(32-4)8-6-16)25-22-21(19)15(2)26-27(22)17-9-10-33(29,30)13-17/h5-8,11,14,17H,9-10,12-13H2,1-4H3,(H,24,28)/t14-,17-/m1/s1. The van der Waals surface area contributed by atoms with Gasteiger partial charge >= 0.3 is 0 Å². The molecule has 1 aliphatic heterocycles. The third-order valence-electron chi connectivity index (χ3n) is 5.82. The molecule has 1 fully saturated rings. The summed E-state index contributed by atoms with van der Waals surface area (Å²) in [5.74, 6) is 0.592. The summed E-state index contributed by atoms with van der Waals surface area (Å²) in [4.78, 5) is 18.1. The molecule has 176 valence electrons. The molecule has 0 unspecified atom stereocenters. The molecule has 4 rings (SSSR count). The van der Waals surface area contributed by atoms with Crippen molar-refractivity contribution in [2.45, 2.75) is 32.4 Å². The van der Waals surface area contributed by atoms with Gasteiger partial charge in [-0.25, -0.2) is 18.1 Å². The monoisotopic (exact) mass is 472 g/mol. The molecular formula is C23H28N4O5S. The molecule has 10 heteroatoms. The lowest BCUT2D eigenvalue weighted by Gasteiger charge is -2.15. The van der Waals surface area contributed by atoms with Gasteiger partial charge in [0, 0.05) is 18.7 Å². The number of carbonyl (C=O) groups is 1. The largest absolute Gasteiger partial charge is 0.497 e. The van der Waals surface area contributed by atoms with E-state index < -0.39 is 9.84 Å². The number of aromatic nitrogens is 3. The van der Waals surface area contributed by atoms with E-state index in [9.17, 15) is 13.2 Å². The van der Waals surface area contributed by atoms with E-state index in [1.807, 2.05) is 38.1 Å². The molecule has 2 atom stereocenters. The molecule has 2 aromatic heterocycles. The molecule has 1 N–H and O–H groups in total. The lowest BCUT2D eigenvalue weighted by atomic mass is 10.0. The highest BCUT2D eigenvalue weighted by atomic mass is 32.2. The Hall–Kier alpha value is -2.98. The summed E-state index contributed by atoms with van der Waals surface area (Å²) in [6, 6.07) is 8.65. The van der Waals surface area contributed by atoms with Crippen LogP contribution in [-0.2, 0) is 14.6 Å². The van der Waals surface area contributed by atoms with Crippen molar-refractivity contribution in [3.05, 3.63) is 41.6 Å². The molecule has 33 heavy (non-hydrogen) atoms. The second kappa shape index (κ2) is 9.11. The van der Waals surface area contributed by atoms with E-state index in [-0.39, 0.29) is 29.5 Å². The number of benzene rings is 1. The SMILES string of the molecule is COC[C@@H](C)NC(=O)c1cc(-c2ccc(OC)cc2)nc2c1c(C)nn2[C@@H]1CCS(=O)(=O)C1. The van der Waals surface area contributed by atoms with Crippen LogP contribution in [0.1, 0.15) is 35.4 Å². The predicted octanol–water partition coefficient (Wildman–Crippen LogP) is 2.54. The highest BCUT2D eigenvalue weighted by molar-refractivity contribution is 7.91. The van der Waals surface area contributed by atoms with Crippen LogP contribution < -0.4 is 10.1 Å². The lowest BCUT2D eigenvalue weighted by molar-refractivity contribution is 0.0907. The Morgan fingerprint density at radius 1 is 1.27 bits per heavy atom. The van der Waals surface area contributed by atoms with Crippen molar-refractivity contribution in [2.75, 3.05) is 32.3 Å². The van der Waals surface area contributed by atoms with Crippen molar-refractivity contribution in [2.24, 2.45) is 0 Å². The van der Waals surface area contributed by atoms with Crippen LogP contribution in [0, 0.1) is 6.92 Å². The van der Waals surface area contributed by atoms with E-state index in [2.05, 4.69) is 10.4 Å². The van der Waals surface area contributed by atoms with Gasteiger partial charge in [0.2, 0.25) is 0 Å². The number of rotatable bonds is 7. The van der Waals surface area contributed by atoms with Gasteiger partial charge in [0.15, 0.2) is 15.5 Å².